The summed E-state index contributed by atoms with van der Waals surface area (Å²) in [5, 5.41) is 16.7. The maximum absolute atomic E-state index is 12.4. The van der Waals surface area contributed by atoms with Crippen molar-refractivity contribution < 1.29 is 58.3 Å². The number of carboxylic acids is 1. The van der Waals surface area contributed by atoms with Crippen molar-refractivity contribution >= 4 is 46.9 Å². The van der Waals surface area contributed by atoms with Gasteiger partial charge < -0.3 is 24.5 Å². The molecule has 1 N–H and O–H groups in total. The zero-order chi connectivity index (χ0) is 18.1. The van der Waals surface area contributed by atoms with Gasteiger partial charge in [0.2, 0.25) is 5.71 Å². The van der Waals surface area contributed by atoms with E-state index >= 15 is 0 Å². The monoisotopic (exact) mass is 407 g/mol. The average Bonchev–Trinajstić information content (AvgIpc) is 3.10. The van der Waals surface area contributed by atoms with Gasteiger partial charge in [0, 0.05) is 5.75 Å². The van der Waals surface area contributed by atoms with Crippen molar-refractivity contribution in [3.05, 3.63) is 34.9 Å². The molecule has 3 heterocycles. The van der Waals surface area contributed by atoms with Gasteiger partial charge in [-0.25, -0.2) is 0 Å². The number of β-lactam (4-membered cyclic amide) rings is 1. The summed E-state index contributed by atoms with van der Waals surface area (Å²) in [4.78, 5) is 41.5. The second-order valence-corrected chi connectivity index (χ2v) is 6.56. The van der Waals surface area contributed by atoms with Crippen LogP contribution in [0.25, 0.3) is 0 Å². The van der Waals surface area contributed by atoms with Gasteiger partial charge in [0.05, 0.1) is 23.0 Å². The molecule has 0 bridgehead atoms. The minimum atomic E-state index is -1.54. The number of carboxylic acid groups (broad SMARTS) is 1. The van der Waals surface area contributed by atoms with Crippen LogP contribution in [0.5, 0.6) is 0 Å². The van der Waals surface area contributed by atoms with E-state index in [1.165, 1.54) is 31.2 Å². The van der Waals surface area contributed by atoms with Crippen LogP contribution in [0.4, 0.5) is 0 Å². The van der Waals surface area contributed by atoms with Crippen molar-refractivity contribution in [2.75, 3.05) is 12.9 Å². The van der Waals surface area contributed by atoms with Crippen molar-refractivity contribution in [3.8, 4) is 0 Å². The molecule has 2 amide bonds. The van der Waals surface area contributed by atoms with Crippen LogP contribution in [0.2, 0.25) is 0 Å². The predicted molar refractivity (Wildman–Crippen MR) is 85.2 cm³/mol. The molecule has 26 heavy (non-hydrogen) atoms. The van der Waals surface area contributed by atoms with Crippen molar-refractivity contribution in [3.63, 3.8) is 0 Å². The van der Waals surface area contributed by atoms with Crippen molar-refractivity contribution in [1.82, 2.24) is 10.2 Å². The molecule has 0 aliphatic carbocycles. The van der Waals surface area contributed by atoms with E-state index in [0.717, 1.165) is 4.90 Å². The fourth-order valence-corrected chi connectivity index (χ4v) is 4.03. The number of rotatable bonds is 5. The van der Waals surface area contributed by atoms with E-state index in [0.29, 0.717) is 0 Å². The number of hydrogen-bond acceptors (Lipinski definition) is 8. The summed E-state index contributed by atoms with van der Waals surface area (Å²) >= 11 is 7.09. The van der Waals surface area contributed by atoms with Gasteiger partial charge in [0.15, 0.2) is 5.76 Å². The first-order valence-corrected chi connectivity index (χ1v) is 8.39. The normalized spacial score (nSPS) is 22.2. The predicted octanol–water partition coefficient (Wildman–Crippen LogP) is -3.77. The van der Waals surface area contributed by atoms with E-state index in [2.05, 4.69) is 15.3 Å². The summed E-state index contributed by atoms with van der Waals surface area (Å²) in [7, 11) is 1.27. The number of nitrogens with zero attached hydrogens (tertiary/aromatic N) is 2. The molecular weight excluding hydrogens is 397 g/mol. The molecule has 0 radical (unpaired) electrons. The molecule has 12 heteroatoms. The molecule has 1 aromatic rings. The van der Waals surface area contributed by atoms with E-state index in [1.807, 2.05) is 0 Å². The van der Waals surface area contributed by atoms with Gasteiger partial charge >= 0.3 is 29.6 Å². The minimum Gasteiger partial charge on any atom is -0.543 e. The molecule has 9 nitrogen and oxygen atoms in total. The summed E-state index contributed by atoms with van der Waals surface area (Å²) in [6, 6.07) is 2.16. The second-order valence-electron chi connectivity index (χ2n) is 5.00. The van der Waals surface area contributed by atoms with Gasteiger partial charge in [-0.3, -0.25) is 14.5 Å². The van der Waals surface area contributed by atoms with E-state index in [4.69, 9.17) is 16.0 Å². The largest absolute Gasteiger partial charge is 1.00 e. The summed E-state index contributed by atoms with van der Waals surface area (Å²) < 4.78 is 5.12. The van der Waals surface area contributed by atoms with Gasteiger partial charge in [-0.15, -0.1) is 11.8 Å². The number of nitrogens with one attached hydrogen (secondary N) is 1. The van der Waals surface area contributed by atoms with Crippen LogP contribution in [0.1, 0.15) is 5.76 Å². The average molecular weight is 408 g/mol. The van der Waals surface area contributed by atoms with Gasteiger partial charge in [-0.05, 0) is 12.1 Å². The molecule has 1 fully saturated rings. The minimum absolute atomic E-state index is 0. The molecule has 1 saturated heterocycles. The number of halogens is 1. The van der Waals surface area contributed by atoms with Crippen LogP contribution in [-0.4, -0.2) is 52.7 Å². The quantitative estimate of drug-likeness (QED) is 0.230. The first-order chi connectivity index (χ1) is 12.0. The number of furan rings is 1. The Morgan fingerprint density at radius 1 is 1.54 bits per heavy atom. The molecule has 2 atom stereocenters. The smallest absolute Gasteiger partial charge is 0.543 e. The topological polar surface area (TPSA) is 124 Å². The van der Waals surface area contributed by atoms with Crippen molar-refractivity contribution in [2.24, 2.45) is 5.16 Å². The molecule has 0 unspecified atom stereocenters. The number of fused-ring (bicyclic) bond motifs is 1. The summed E-state index contributed by atoms with van der Waals surface area (Å²) in [6.45, 7) is 0. The van der Waals surface area contributed by atoms with E-state index in [9.17, 15) is 19.5 Å². The number of hydrogen-bond donors (Lipinski definition) is 1. The Balaban J connectivity index is 0.00000243. The van der Waals surface area contributed by atoms with Crippen LogP contribution in [0.15, 0.2) is 38.7 Å². The van der Waals surface area contributed by atoms with Gasteiger partial charge in [0.25, 0.3) is 11.8 Å². The number of carbonyl (C=O) groups is 3. The summed E-state index contributed by atoms with van der Waals surface area (Å²) in [6.07, 6.45) is 1.36. The maximum atomic E-state index is 12.4. The SMILES string of the molecule is CO/N=C(\C(=O)N[C@@H]1C(=O)N2C(C(=O)[O-])=C(Cl)CS[C@H]12)c1ccco1.[Na+]. The first-order valence-electron chi connectivity index (χ1n) is 6.96. The molecule has 132 valence electrons. The Hall–Kier alpha value is -1.46. The molecule has 0 aromatic carbocycles. The molecule has 0 spiro atoms. The maximum Gasteiger partial charge on any atom is 1.00 e. The Kier molecular flexibility index (Phi) is 6.80. The number of oxime groups is 1. The summed E-state index contributed by atoms with van der Waals surface area (Å²) in [5.41, 5.74) is -0.508. The number of carbonyl (C=O) groups excluding carboxylic acids is 3. The molecule has 0 saturated carbocycles. The van der Waals surface area contributed by atoms with Gasteiger partial charge in [0.1, 0.15) is 18.5 Å². The Labute approximate surface area is 179 Å². The van der Waals surface area contributed by atoms with E-state index < -0.39 is 29.2 Å². The molecule has 2 aliphatic heterocycles. The Morgan fingerprint density at radius 3 is 2.85 bits per heavy atom. The van der Waals surface area contributed by atoms with Crippen LogP contribution in [0, 0.1) is 0 Å². The third-order valence-electron chi connectivity index (χ3n) is 3.55. The van der Waals surface area contributed by atoms with Gasteiger partial charge in [-0.1, -0.05) is 16.8 Å². The third-order valence-corrected chi connectivity index (χ3v) is 5.30. The number of thioether (sulfide) groups is 1. The van der Waals surface area contributed by atoms with E-state index in [-0.39, 0.29) is 57.5 Å². The first kappa shape index (κ1) is 20.8. The Bertz CT molecular complexity index is 797. The zero-order valence-corrected chi connectivity index (χ0v) is 17.3. The fourth-order valence-electron chi connectivity index (χ4n) is 2.48. The third kappa shape index (κ3) is 3.65. The fraction of sp³-hybridized carbons (Fsp3) is 0.286. The second kappa shape index (κ2) is 8.49. The van der Waals surface area contributed by atoms with Gasteiger partial charge in [-0.2, -0.15) is 0 Å². The number of amides is 2. The molecule has 1 aromatic heterocycles. The van der Waals surface area contributed by atoms with Crippen LogP contribution < -0.4 is 40.0 Å². The number of aliphatic carboxylic acids is 1. The van der Waals surface area contributed by atoms with Crippen LogP contribution in [-0.2, 0) is 19.2 Å². The zero-order valence-electron chi connectivity index (χ0n) is 13.7. The molecule has 3 rings (SSSR count). The molecular formula is C14H11ClN3NaO6S. The van der Waals surface area contributed by atoms with Crippen LogP contribution >= 0.6 is 23.4 Å². The molecule has 2 aliphatic rings. The van der Waals surface area contributed by atoms with Crippen molar-refractivity contribution in [2.45, 2.75) is 11.4 Å². The van der Waals surface area contributed by atoms with Crippen molar-refractivity contribution in [1.29, 1.82) is 0 Å². The summed E-state index contributed by atoms with van der Waals surface area (Å²) in [5.74, 6) is -2.46. The standard InChI is InChI=1S/C14H12ClN3O6S.Na/c1-23-17-8(7-3-2-4-24-7)11(19)16-9-12(20)18-10(14(21)22)6(15)5-25-13(9)18;/h2-4,9,13H,5H2,1H3,(H,16,19)(H,21,22);/q;+1/p-1/b17-8-;/t9-,13-;/m1./s1. The Morgan fingerprint density at radius 2 is 2.27 bits per heavy atom. The van der Waals surface area contributed by atoms with Crippen LogP contribution in [0.3, 0.4) is 0 Å². The van der Waals surface area contributed by atoms with E-state index in [1.54, 1.807) is 6.07 Å².